The van der Waals surface area contributed by atoms with Crippen molar-refractivity contribution in [2.45, 2.75) is 46.2 Å². The smallest absolute Gasteiger partial charge is 0.255 e. The zero-order chi connectivity index (χ0) is 13.9. The van der Waals surface area contributed by atoms with E-state index in [-0.39, 0.29) is 22.7 Å². The third-order valence-electron chi connectivity index (χ3n) is 2.87. The SMILES string of the molecule is CCC(C)NC(=O)C(C)n1c(C)nc(Cl)cc1=O. The molecule has 0 spiro atoms. The van der Waals surface area contributed by atoms with Crippen molar-refractivity contribution in [2.75, 3.05) is 0 Å². The molecule has 1 amide bonds. The van der Waals surface area contributed by atoms with Gasteiger partial charge in [0, 0.05) is 12.1 Å². The third kappa shape index (κ3) is 3.32. The standard InChI is InChI=1S/C12H18ClN3O2/c1-5-7(2)14-12(18)8(3)16-9(4)15-10(13)6-11(16)17/h6-8H,5H2,1-4H3,(H,14,18). The summed E-state index contributed by atoms with van der Waals surface area (Å²) in [4.78, 5) is 27.8. The van der Waals surface area contributed by atoms with Gasteiger partial charge in [-0.15, -0.1) is 0 Å². The van der Waals surface area contributed by atoms with Gasteiger partial charge in [-0.3, -0.25) is 14.2 Å². The largest absolute Gasteiger partial charge is 0.352 e. The minimum Gasteiger partial charge on any atom is -0.352 e. The summed E-state index contributed by atoms with van der Waals surface area (Å²) in [5.41, 5.74) is -0.320. The molecule has 0 radical (unpaired) electrons. The van der Waals surface area contributed by atoms with Crippen LogP contribution in [0.3, 0.4) is 0 Å². The number of aryl methyl sites for hydroxylation is 1. The Morgan fingerprint density at radius 2 is 2.17 bits per heavy atom. The maximum Gasteiger partial charge on any atom is 0.255 e. The van der Waals surface area contributed by atoms with Gasteiger partial charge < -0.3 is 5.32 Å². The molecule has 2 atom stereocenters. The van der Waals surface area contributed by atoms with E-state index in [0.29, 0.717) is 5.82 Å². The number of carbonyl (C=O) groups is 1. The van der Waals surface area contributed by atoms with E-state index in [1.807, 2.05) is 13.8 Å². The summed E-state index contributed by atoms with van der Waals surface area (Å²) < 4.78 is 1.34. The monoisotopic (exact) mass is 271 g/mol. The first-order chi connectivity index (χ1) is 8.36. The highest BCUT2D eigenvalue weighted by atomic mass is 35.5. The fourth-order valence-electron chi connectivity index (χ4n) is 1.63. The Bertz CT molecular complexity index is 499. The molecule has 0 aliphatic rings. The lowest BCUT2D eigenvalue weighted by Gasteiger charge is -2.19. The van der Waals surface area contributed by atoms with Crippen LogP contribution in [0.1, 0.15) is 39.1 Å². The maximum absolute atomic E-state index is 12.0. The molecule has 100 valence electrons. The van der Waals surface area contributed by atoms with E-state index in [9.17, 15) is 9.59 Å². The molecule has 0 aliphatic carbocycles. The van der Waals surface area contributed by atoms with Crippen LogP contribution < -0.4 is 10.9 Å². The van der Waals surface area contributed by atoms with Gasteiger partial charge >= 0.3 is 0 Å². The van der Waals surface area contributed by atoms with E-state index < -0.39 is 6.04 Å². The highest BCUT2D eigenvalue weighted by molar-refractivity contribution is 6.29. The number of halogens is 1. The number of carbonyl (C=O) groups excluding carboxylic acids is 1. The third-order valence-corrected chi connectivity index (χ3v) is 3.06. The number of hydrogen-bond donors (Lipinski definition) is 1. The zero-order valence-electron chi connectivity index (χ0n) is 11.0. The number of nitrogens with zero attached hydrogens (tertiary/aromatic N) is 2. The molecule has 0 bridgehead atoms. The summed E-state index contributed by atoms with van der Waals surface area (Å²) in [6.07, 6.45) is 0.839. The molecule has 0 aliphatic heterocycles. The number of aromatic nitrogens is 2. The van der Waals surface area contributed by atoms with Gasteiger partial charge in [0.2, 0.25) is 5.91 Å². The van der Waals surface area contributed by atoms with Gasteiger partial charge in [-0.05, 0) is 27.2 Å². The Morgan fingerprint density at radius 3 is 2.67 bits per heavy atom. The second-order valence-corrected chi connectivity index (χ2v) is 4.72. The normalized spacial score (nSPS) is 14.1. The Morgan fingerprint density at radius 1 is 1.56 bits per heavy atom. The molecule has 1 N–H and O–H groups in total. The van der Waals surface area contributed by atoms with Crippen molar-refractivity contribution < 1.29 is 4.79 Å². The molecule has 0 saturated heterocycles. The topological polar surface area (TPSA) is 64.0 Å². The van der Waals surface area contributed by atoms with Crippen LogP contribution in [-0.2, 0) is 4.79 Å². The van der Waals surface area contributed by atoms with Gasteiger partial charge in [0.05, 0.1) is 0 Å². The van der Waals surface area contributed by atoms with E-state index in [0.717, 1.165) is 6.42 Å². The fraction of sp³-hybridized carbons (Fsp3) is 0.583. The Labute approximate surface area is 111 Å². The summed E-state index contributed by atoms with van der Waals surface area (Å²) >= 11 is 5.69. The Kier molecular flexibility index (Phi) is 4.90. The minimum atomic E-state index is -0.601. The summed E-state index contributed by atoms with van der Waals surface area (Å²) in [5, 5.41) is 2.98. The molecule has 1 rings (SSSR count). The zero-order valence-corrected chi connectivity index (χ0v) is 11.8. The lowest BCUT2D eigenvalue weighted by Crippen LogP contribution is -2.40. The van der Waals surface area contributed by atoms with Crippen LogP contribution in [0.5, 0.6) is 0 Å². The van der Waals surface area contributed by atoms with Gasteiger partial charge in [0.15, 0.2) is 0 Å². The van der Waals surface area contributed by atoms with Gasteiger partial charge in [-0.1, -0.05) is 18.5 Å². The molecular weight excluding hydrogens is 254 g/mol. The molecule has 1 heterocycles. The lowest BCUT2D eigenvalue weighted by atomic mass is 10.2. The van der Waals surface area contributed by atoms with Gasteiger partial charge in [-0.2, -0.15) is 0 Å². The van der Waals surface area contributed by atoms with Crippen LogP contribution in [0.4, 0.5) is 0 Å². The van der Waals surface area contributed by atoms with Crippen LogP contribution in [0, 0.1) is 6.92 Å². The molecular formula is C12H18ClN3O2. The summed E-state index contributed by atoms with van der Waals surface area (Å²) in [5.74, 6) is 0.234. The quantitative estimate of drug-likeness (QED) is 0.848. The van der Waals surface area contributed by atoms with Crippen LogP contribution in [0.2, 0.25) is 5.15 Å². The fourth-order valence-corrected chi connectivity index (χ4v) is 1.84. The molecule has 1 aromatic rings. The van der Waals surface area contributed by atoms with E-state index in [4.69, 9.17) is 11.6 Å². The van der Waals surface area contributed by atoms with Crippen molar-refractivity contribution in [1.29, 1.82) is 0 Å². The first-order valence-electron chi connectivity index (χ1n) is 5.92. The molecule has 0 saturated carbocycles. The molecule has 2 unspecified atom stereocenters. The number of rotatable bonds is 4. The van der Waals surface area contributed by atoms with Crippen molar-refractivity contribution in [3.8, 4) is 0 Å². The van der Waals surface area contributed by atoms with E-state index >= 15 is 0 Å². The molecule has 5 nitrogen and oxygen atoms in total. The second kappa shape index (κ2) is 6.00. The second-order valence-electron chi connectivity index (χ2n) is 4.33. The van der Waals surface area contributed by atoms with Crippen molar-refractivity contribution >= 4 is 17.5 Å². The summed E-state index contributed by atoms with van der Waals surface area (Å²) in [7, 11) is 0. The Hall–Kier alpha value is -1.36. The van der Waals surface area contributed by atoms with Gasteiger partial charge in [0.25, 0.3) is 5.56 Å². The van der Waals surface area contributed by atoms with E-state index in [1.54, 1.807) is 13.8 Å². The average molecular weight is 272 g/mol. The predicted octanol–water partition coefficient (Wildman–Crippen LogP) is 1.68. The van der Waals surface area contributed by atoms with Crippen LogP contribution in [0.15, 0.2) is 10.9 Å². The van der Waals surface area contributed by atoms with Crippen LogP contribution in [0.25, 0.3) is 0 Å². The highest BCUT2D eigenvalue weighted by Gasteiger charge is 2.19. The molecule has 18 heavy (non-hydrogen) atoms. The molecule has 0 aromatic carbocycles. The first-order valence-corrected chi connectivity index (χ1v) is 6.30. The molecule has 1 aromatic heterocycles. The summed E-state index contributed by atoms with van der Waals surface area (Å²) in [6.45, 7) is 7.22. The predicted molar refractivity (Wildman–Crippen MR) is 70.9 cm³/mol. The van der Waals surface area contributed by atoms with Crippen LogP contribution in [-0.4, -0.2) is 21.5 Å². The van der Waals surface area contributed by atoms with Crippen molar-refractivity contribution in [3.05, 3.63) is 27.4 Å². The van der Waals surface area contributed by atoms with Crippen molar-refractivity contribution in [2.24, 2.45) is 0 Å². The van der Waals surface area contributed by atoms with Crippen LogP contribution >= 0.6 is 11.6 Å². The van der Waals surface area contributed by atoms with Gasteiger partial charge in [0.1, 0.15) is 17.0 Å². The summed E-state index contributed by atoms with van der Waals surface area (Å²) in [6, 6.07) is 0.689. The number of hydrogen-bond acceptors (Lipinski definition) is 3. The maximum atomic E-state index is 12.0. The van der Waals surface area contributed by atoms with Gasteiger partial charge in [-0.25, -0.2) is 4.98 Å². The van der Waals surface area contributed by atoms with Crippen molar-refractivity contribution in [1.82, 2.24) is 14.9 Å². The minimum absolute atomic E-state index is 0.0798. The van der Waals surface area contributed by atoms with E-state index in [2.05, 4.69) is 10.3 Å². The number of amides is 1. The molecule has 0 fully saturated rings. The average Bonchev–Trinajstić information content (AvgIpc) is 2.27. The van der Waals surface area contributed by atoms with Crippen molar-refractivity contribution in [3.63, 3.8) is 0 Å². The Balaban J connectivity index is 3.01. The number of nitrogens with one attached hydrogen (secondary N) is 1. The lowest BCUT2D eigenvalue weighted by molar-refractivity contribution is -0.124. The van der Waals surface area contributed by atoms with E-state index in [1.165, 1.54) is 10.6 Å². The molecule has 6 heteroatoms. The first kappa shape index (κ1) is 14.7. The highest BCUT2D eigenvalue weighted by Crippen LogP contribution is 2.08.